The normalized spacial score (nSPS) is 17.3. The average Bonchev–Trinajstić information content (AvgIpc) is 2.31. The summed E-state index contributed by atoms with van der Waals surface area (Å²) in [5.41, 5.74) is 0.641. The quantitative estimate of drug-likeness (QED) is 0.775. The van der Waals surface area contributed by atoms with E-state index >= 15 is 0 Å². The molecular formula is C12H14ClNOS. The molecule has 0 spiro atoms. The Morgan fingerprint density at radius 2 is 2.00 bits per heavy atom. The molecule has 1 aromatic carbocycles. The summed E-state index contributed by atoms with van der Waals surface area (Å²) >= 11 is 7.94. The Bertz CT molecular complexity index is 377. The van der Waals surface area contributed by atoms with E-state index < -0.39 is 0 Å². The van der Waals surface area contributed by atoms with Crippen molar-refractivity contribution in [2.24, 2.45) is 0 Å². The van der Waals surface area contributed by atoms with Crippen LogP contribution in [0.4, 0.5) is 0 Å². The number of halogens is 1. The Morgan fingerprint density at radius 1 is 1.31 bits per heavy atom. The predicted octanol–water partition coefficient (Wildman–Crippen LogP) is 2.57. The summed E-state index contributed by atoms with van der Waals surface area (Å²) in [6.45, 7) is 2.49. The van der Waals surface area contributed by atoms with Gasteiger partial charge in [-0.3, -0.25) is 9.69 Å². The van der Waals surface area contributed by atoms with E-state index in [0.717, 1.165) is 24.6 Å². The molecule has 0 atom stereocenters. The number of hydrogen-bond donors (Lipinski definition) is 0. The lowest BCUT2D eigenvalue weighted by Gasteiger charge is -2.25. The van der Waals surface area contributed by atoms with E-state index in [1.807, 2.05) is 23.9 Å². The highest BCUT2D eigenvalue weighted by atomic mass is 35.5. The second-order valence-electron chi connectivity index (χ2n) is 3.79. The number of carbonyl (C=O) groups is 1. The van der Waals surface area contributed by atoms with Crippen LogP contribution < -0.4 is 0 Å². The fraction of sp³-hybridized carbons (Fsp3) is 0.417. The van der Waals surface area contributed by atoms with Crippen LogP contribution in [0.2, 0.25) is 5.02 Å². The number of carbonyl (C=O) groups excluding carboxylic acids is 1. The van der Waals surface area contributed by atoms with Crippen LogP contribution in [-0.4, -0.2) is 41.8 Å². The van der Waals surface area contributed by atoms with Crippen LogP contribution in [0.5, 0.6) is 0 Å². The molecule has 2 rings (SSSR count). The Balaban J connectivity index is 2.00. The molecule has 0 unspecified atom stereocenters. The van der Waals surface area contributed by atoms with Gasteiger partial charge in [0.1, 0.15) is 0 Å². The third-order valence-corrected chi connectivity index (χ3v) is 3.92. The molecule has 4 heteroatoms. The van der Waals surface area contributed by atoms with Gasteiger partial charge in [0.15, 0.2) is 5.78 Å². The van der Waals surface area contributed by atoms with Gasteiger partial charge in [-0.25, -0.2) is 0 Å². The molecular weight excluding hydrogens is 242 g/mol. The topological polar surface area (TPSA) is 20.3 Å². The van der Waals surface area contributed by atoms with Gasteiger partial charge in [0.25, 0.3) is 0 Å². The van der Waals surface area contributed by atoms with Gasteiger partial charge in [0.05, 0.1) is 11.6 Å². The molecule has 1 aliphatic heterocycles. The van der Waals surface area contributed by atoms with Crippen LogP contribution in [0.3, 0.4) is 0 Å². The van der Waals surface area contributed by atoms with E-state index in [9.17, 15) is 4.79 Å². The monoisotopic (exact) mass is 255 g/mol. The molecule has 1 saturated heterocycles. The van der Waals surface area contributed by atoms with Crippen LogP contribution in [0, 0.1) is 0 Å². The lowest BCUT2D eigenvalue weighted by Crippen LogP contribution is -2.36. The molecule has 0 aromatic heterocycles. The molecule has 1 fully saturated rings. The Morgan fingerprint density at radius 3 is 2.69 bits per heavy atom. The van der Waals surface area contributed by atoms with E-state index in [1.54, 1.807) is 12.1 Å². The lowest BCUT2D eigenvalue weighted by atomic mass is 10.1. The van der Waals surface area contributed by atoms with Gasteiger partial charge in [-0.1, -0.05) is 23.7 Å². The van der Waals surface area contributed by atoms with Crippen molar-refractivity contribution >= 4 is 29.1 Å². The fourth-order valence-electron chi connectivity index (χ4n) is 1.73. The van der Waals surface area contributed by atoms with E-state index in [-0.39, 0.29) is 5.78 Å². The van der Waals surface area contributed by atoms with Gasteiger partial charge in [-0.05, 0) is 12.1 Å². The number of ketones is 1. The van der Waals surface area contributed by atoms with Gasteiger partial charge >= 0.3 is 0 Å². The molecule has 0 aliphatic carbocycles. The fourth-order valence-corrected chi connectivity index (χ4v) is 2.95. The van der Waals surface area contributed by atoms with Crippen LogP contribution in [0.15, 0.2) is 24.3 Å². The first-order valence-electron chi connectivity index (χ1n) is 5.35. The number of rotatable bonds is 3. The molecule has 0 saturated carbocycles. The first kappa shape index (κ1) is 12.0. The molecule has 86 valence electrons. The van der Waals surface area contributed by atoms with Crippen molar-refractivity contribution in [2.75, 3.05) is 31.1 Å². The van der Waals surface area contributed by atoms with Crippen LogP contribution in [0.25, 0.3) is 0 Å². The summed E-state index contributed by atoms with van der Waals surface area (Å²) in [6.07, 6.45) is 0. The van der Waals surface area contributed by atoms with Gasteiger partial charge in [-0.15, -0.1) is 0 Å². The maximum absolute atomic E-state index is 12.0. The summed E-state index contributed by atoms with van der Waals surface area (Å²) in [5.74, 6) is 2.36. The Kier molecular flexibility index (Phi) is 4.27. The number of nitrogens with zero attached hydrogens (tertiary/aromatic N) is 1. The second-order valence-corrected chi connectivity index (χ2v) is 5.42. The highest BCUT2D eigenvalue weighted by Crippen LogP contribution is 2.17. The third-order valence-electron chi connectivity index (χ3n) is 2.65. The van der Waals surface area contributed by atoms with Crippen molar-refractivity contribution < 1.29 is 4.79 Å². The molecule has 2 nitrogen and oxygen atoms in total. The average molecular weight is 256 g/mol. The van der Waals surface area contributed by atoms with Crippen LogP contribution in [0.1, 0.15) is 10.4 Å². The zero-order chi connectivity index (χ0) is 11.4. The minimum absolute atomic E-state index is 0.123. The maximum Gasteiger partial charge on any atom is 0.178 e. The number of hydrogen-bond acceptors (Lipinski definition) is 3. The second kappa shape index (κ2) is 5.71. The van der Waals surface area contributed by atoms with Crippen LogP contribution in [-0.2, 0) is 0 Å². The van der Waals surface area contributed by atoms with Gasteiger partial charge < -0.3 is 0 Å². The zero-order valence-corrected chi connectivity index (χ0v) is 10.6. The highest BCUT2D eigenvalue weighted by molar-refractivity contribution is 7.99. The molecule has 1 aromatic rings. The summed E-state index contributed by atoms with van der Waals surface area (Å²) in [4.78, 5) is 14.2. The number of benzene rings is 1. The van der Waals surface area contributed by atoms with Gasteiger partial charge in [-0.2, -0.15) is 11.8 Å². The SMILES string of the molecule is O=C(CN1CCSCC1)c1ccccc1Cl. The molecule has 0 N–H and O–H groups in total. The largest absolute Gasteiger partial charge is 0.294 e. The van der Waals surface area contributed by atoms with Crippen molar-refractivity contribution in [3.8, 4) is 0 Å². The van der Waals surface area contributed by atoms with Crippen molar-refractivity contribution in [1.29, 1.82) is 0 Å². The van der Waals surface area contributed by atoms with Crippen molar-refractivity contribution in [3.05, 3.63) is 34.9 Å². The molecule has 0 radical (unpaired) electrons. The zero-order valence-electron chi connectivity index (χ0n) is 8.99. The van der Waals surface area contributed by atoms with Crippen molar-refractivity contribution in [2.45, 2.75) is 0 Å². The van der Waals surface area contributed by atoms with E-state index in [1.165, 1.54) is 0 Å². The molecule has 1 heterocycles. The predicted molar refractivity (Wildman–Crippen MR) is 69.5 cm³/mol. The van der Waals surface area contributed by atoms with Gasteiger partial charge in [0.2, 0.25) is 0 Å². The highest BCUT2D eigenvalue weighted by Gasteiger charge is 2.16. The smallest absolute Gasteiger partial charge is 0.178 e. The summed E-state index contributed by atoms with van der Waals surface area (Å²) in [5, 5.41) is 0.555. The minimum atomic E-state index is 0.123. The lowest BCUT2D eigenvalue weighted by molar-refractivity contribution is 0.0937. The van der Waals surface area contributed by atoms with Crippen LogP contribution >= 0.6 is 23.4 Å². The van der Waals surface area contributed by atoms with Crippen molar-refractivity contribution in [1.82, 2.24) is 4.90 Å². The minimum Gasteiger partial charge on any atom is -0.294 e. The third kappa shape index (κ3) is 3.00. The van der Waals surface area contributed by atoms with E-state index in [0.29, 0.717) is 17.1 Å². The first-order valence-corrected chi connectivity index (χ1v) is 6.88. The molecule has 0 bridgehead atoms. The first-order chi connectivity index (χ1) is 7.77. The molecule has 16 heavy (non-hydrogen) atoms. The number of Topliss-reactive ketones (excluding diaryl/α,β-unsaturated/α-hetero) is 1. The molecule has 0 amide bonds. The van der Waals surface area contributed by atoms with E-state index in [2.05, 4.69) is 4.90 Å². The summed E-state index contributed by atoms with van der Waals surface area (Å²) in [6, 6.07) is 7.26. The Labute approximate surface area is 105 Å². The maximum atomic E-state index is 12.0. The number of thioether (sulfide) groups is 1. The van der Waals surface area contributed by atoms with E-state index in [4.69, 9.17) is 11.6 Å². The van der Waals surface area contributed by atoms with Gasteiger partial charge in [0, 0.05) is 30.2 Å². The standard InChI is InChI=1S/C12H14ClNOS/c13-11-4-2-1-3-10(11)12(15)9-14-5-7-16-8-6-14/h1-4H,5-9H2. The summed E-state index contributed by atoms with van der Waals surface area (Å²) in [7, 11) is 0. The summed E-state index contributed by atoms with van der Waals surface area (Å²) < 4.78 is 0. The van der Waals surface area contributed by atoms with Crippen molar-refractivity contribution in [3.63, 3.8) is 0 Å². The Hall–Kier alpha value is -0.510. The molecule has 1 aliphatic rings.